The molecular formula is C18H17ClN2O2. The van der Waals surface area contributed by atoms with Gasteiger partial charge in [-0.2, -0.15) is 0 Å². The number of aromatic amines is 1. The summed E-state index contributed by atoms with van der Waals surface area (Å²) in [5, 5.41) is 14.7. The lowest BCUT2D eigenvalue weighted by atomic mass is 10.0. The summed E-state index contributed by atoms with van der Waals surface area (Å²) in [5.74, 6) is -0.248. The number of rotatable bonds is 4. The molecule has 1 amide bonds. The number of hydrogen-bond acceptors (Lipinski definition) is 2. The third-order valence-electron chi connectivity index (χ3n) is 3.82. The fourth-order valence-corrected chi connectivity index (χ4v) is 2.63. The van der Waals surface area contributed by atoms with E-state index in [1.165, 1.54) is 0 Å². The van der Waals surface area contributed by atoms with Gasteiger partial charge in [0, 0.05) is 15.9 Å². The first-order chi connectivity index (χ1) is 11.0. The number of hydrogen-bond donors (Lipinski definition) is 3. The van der Waals surface area contributed by atoms with Crippen molar-refractivity contribution in [1.82, 2.24) is 10.3 Å². The molecule has 23 heavy (non-hydrogen) atoms. The van der Waals surface area contributed by atoms with Gasteiger partial charge in [0.2, 0.25) is 0 Å². The van der Waals surface area contributed by atoms with Gasteiger partial charge in [0.05, 0.1) is 12.1 Å². The fraction of sp³-hybridized carbons (Fsp3) is 0.167. The predicted octanol–water partition coefficient (Wildman–Crippen LogP) is 3.67. The van der Waals surface area contributed by atoms with Crippen molar-refractivity contribution < 1.29 is 9.90 Å². The molecule has 5 heteroatoms. The molecule has 3 rings (SSSR count). The topological polar surface area (TPSA) is 65.1 Å². The standard InChI is InChI=1S/C18H17ClN2O2/c1-11(17(22)12-6-8-14(19)9-7-12)20-18(23)16-10-13-4-2-3-5-15(13)21-16/h2-11,17,21-22H,1H3,(H,20,23). The molecule has 118 valence electrons. The maximum absolute atomic E-state index is 12.3. The molecule has 0 saturated carbocycles. The summed E-state index contributed by atoms with van der Waals surface area (Å²) in [4.78, 5) is 15.4. The molecule has 0 radical (unpaired) electrons. The molecule has 1 aromatic heterocycles. The van der Waals surface area contributed by atoms with Gasteiger partial charge in [-0.25, -0.2) is 0 Å². The van der Waals surface area contributed by atoms with Crippen molar-refractivity contribution in [1.29, 1.82) is 0 Å². The van der Waals surface area contributed by atoms with E-state index in [1.807, 2.05) is 24.3 Å². The van der Waals surface area contributed by atoms with Gasteiger partial charge in [0.1, 0.15) is 5.69 Å². The number of fused-ring (bicyclic) bond motifs is 1. The number of carbonyl (C=O) groups excluding carboxylic acids is 1. The van der Waals surface area contributed by atoms with Gasteiger partial charge >= 0.3 is 0 Å². The van der Waals surface area contributed by atoms with Crippen LogP contribution >= 0.6 is 11.6 Å². The average molecular weight is 329 g/mol. The highest BCUT2D eigenvalue weighted by atomic mass is 35.5. The molecule has 2 unspecified atom stereocenters. The van der Waals surface area contributed by atoms with Gasteiger partial charge < -0.3 is 15.4 Å². The van der Waals surface area contributed by atoms with Crippen LogP contribution in [-0.4, -0.2) is 22.0 Å². The molecule has 2 aromatic carbocycles. The van der Waals surface area contributed by atoms with Crippen LogP contribution in [0.1, 0.15) is 29.1 Å². The van der Waals surface area contributed by atoms with Crippen LogP contribution in [0.15, 0.2) is 54.6 Å². The van der Waals surface area contributed by atoms with Gasteiger partial charge in [-0.15, -0.1) is 0 Å². The monoisotopic (exact) mass is 328 g/mol. The van der Waals surface area contributed by atoms with E-state index in [4.69, 9.17) is 11.6 Å². The normalized spacial score (nSPS) is 13.7. The van der Waals surface area contributed by atoms with E-state index in [1.54, 1.807) is 37.3 Å². The molecule has 0 aliphatic heterocycles. The first kappa shape index (κ1) is 15.6. The molecule has 4 nitrogen and oxygen atoms in total. The lowest BCUT2D eigenvalue weighted by Crippen LogP contribution is -2.37. The van der Waals surface area contributed by atoms with Crippen molar-refractivity contribution in [2.75, 3.05) is 0 Å². The van der Waals surface area contributed by atoms with Crippen LogP contribution in [0.2, 0.25) is 5.02 Å². The van der Waals surface area contributed by atoms with Gasteiger partial charge in [-0.05, 0) is 36.8 Å². The van der Waals surface area contributed by atoms with Gasteiger partial charge in [0.25, 0.3) is 5.91 Å². The molecule has 0 aliphatic carbocycles. The zero-order valence-electron chi connectivity index (χ0n) is 12.6. The lowest BCUT2D eigenvalue weighted by Gasteiger charge is -2.20. The highest BCUT2D eigenvalue weighted by Crippen LogP contribution is 2.20. The number of nitrogens with one attached hydrogen (secondary N) is 2. The smallest absolute Gasteiger partial charge is 0.268 e. The largest absolute Gasteiger partial charge is 0.386 e. The summed E-state index contributed by atoms with van der Waals surface area (Å²) in [6.07, 6.45) is -0.805. The van der Waals surface area contributed by atoms with E-state index in [-0.39, 0.29) is 5.91 Å². The Hall–Kier alpha value is -2.30. The van der Waals surface area contributed by atoms with Crippen LogP contribution in [0, 0.1) is 0 Å². The second-order valence-electron chi connectivity index (χ2n) is 5.53. The zero-order chi connectivity index (χ0) is 16.4. The molecule has 0 aliphatic rings. The molecule has 0 fully saturated rings. The van der Waals surface area contributed by atoms with Crippen molar-refractivity contribution in [2.24, 2.45) is 0 Å². The van der Waals surface area contributed by atoms with Crippen molar-refractivity contribution in [3.05, 3.63) is 70.9 Å². The van der Waals surface area contributed by atoms with E-state index in [0.717, 1.165) is 10.9 Å². The van der Waals surface area contributed by atoms with Crippen LogP contribution in [0.25, 0.3) is 10.9 Å². The Bertz CT molecular complexity index is 793. The number of aromatic nitrogens is 1. The molecule has 0 saturated heterocycles. The Balaban J connectivity index is 1.72. The number of aliphatic hydroxyl groups excluding tert-OH is 1. The van der Waals surface area contributed by atoms with Crippen molar-refractivity contribution in [3.63, 3.8) is 0 Å². The Kier molecular flexibility index (Phi) is 4.37. The van der Waals surface area contributed by atoms with Crippen LogP contribution in [0.4, 0.5) is 0 Å². The highest BCUT2D eigenvalue weighted by Gasteiger charge is 2.20. The Morgan fingerprint density at radius 3 is 2.57 bits per heavy atom. The van der Waals surface area contributed by atoms with E-state index < -0.39 is 12.1 Å². The summed E-state index contributed by atoms with van der Waals surface area (Å²) in [6.45, 7) is 1.76. The molecule has 0 spiro atoms. The molecule has 1 heterocycles. The van der Waals surface area contributed by atoms with Crippen molar-refractivity contribution in [2.45, 2.75) is 19.1 Å². The molecule has 3 aromatic rings. The molecule has 2 atom stereocenters. The van der Waals surface area contributed by atoms with Crippen LogP contribution in [0.3, 0.4) is 0 Å². The summed E-state index contributed by atoms with van der Waals surface area (Å²) >= 11 is 5.84. The summed E-state index contributed by atoms with van der Waals surface area (Å²) < 4.78 is 0. The number of carbonyl (C=O) groups is 1. The molecule has 3 N–H and O–H groups in total. The van der Waals surface area contributed by atoms with Gasteiger partial charge in [-0.1, -0.05) is 41.9 Å². The van der Waals surface area contributed by atoms with E-state index in [0.29, 0.717) is 16.3 Å². The summed E-state index contributed by atoms with van der Waals surface area (Å²) in [7, 11) is 0. The zero-order valence-corrected chi connectivity index (χ0v) is 13.3. The van der Waals surface area contributed by atoms with Crippen LogP contribution in [-0.2, 0) is 0 Å². The fourth-order valence-electron chi connectivity index (χ4n) is 2.51. The Labute approximate surface area is 139 Å². The number of aliphatic hydroxyl groups is 1. The third-order valence-corrected chi connectivity index (χ3v) is 4.07. The first-order valence-corrected chi connectivity index (χ1v) is 7.74. The summed E-state index contributed by atoms with van der Waals surface area (Å²) in [6, 6.07) is 16.0. The summed E-state index contributed by atoms with van der Waals surface area (Å²) in [5.41, 5.74) is 2.09. The predicted molar refractivity (Wildman–Crippen MR) is 91.6 cm³/mol. The quantitative estimate of drug-likeness (QED) is 0.684. The number of H-pyrrole nitrogens is 1. The minimum atomic E-state index is -0.805. The second-order valence-corrected chi connectivity index (χ2v) is 5.97. The average Bonchev–Trinajstić information content (AvgIpc) is 2.99. The van der Waals surface area contributed by atoms with E-state index in [2.05, 4.69) is 10.3 Å². The van der Waals surface area contributed by atoms with Crippen molar-refractivity contribution in [3.8, 4) is 0 Å². The SMILES string of the molecule is CC(NC(=O)c1cc2ccccc2[nH]1)C(O)c1ccc(Cl)cc1. The lowest BCUT2D eigenvalue weighted by molar-refractivity contribution is 0.0848. The molecular weight excluding hydrogens is 312 g/mol. The first-order valence-electron chi connectivity index (χ1n) is 7.37. The van der Waals surface area contributed by atoms with Crippen LogP contribution < -0.4 is 5.32 Å². The second kappa shape index (κ2) is 6.44. The maximum Gasteiger partial charge on any atom is 0.268 e. The number of para-hydroxylation sites is 1. The van der Waals surface area contributed by atoms with Crippen LogP contribution in [0.5, 0.6) is 0 Å². The van der Waals surface area contributed by atoms with E-state index >= 15 is 0 Å². The molecule has 0 bridgehead atoms. The number of amides is 1. The number of benzene rings is 2. The van der Waals surface area contributed by atoms with E-state index in [9.17, 15) is 9.90 Å². The van der Waals surface area contributed by atoms with Gasteiger partial charge in [-0.3, -0.25) is 4.79 Å². The Morgan fingerprint density at radius 1 is 1.17 bits per heavy atom. The van der Waals surface area contributed by atoms with Crippen molar-refractivity contribution >= 4 is 28.4 Å². The minimum absolute atomic E-state index is 0.248. The third kappa shape index (κ3) is 3.38. The minimum Gasteiger partial charge on any atom is -0.386 e. The maximum atomic E-state index is 12.3. The number of halogens is 1. The highest BCUT2D eigenvalue weighted by molar-refractivity contribution is 6.30. The Morgan fingerprint density at radius 2 is 1.87 bits per heavy atom. The van der Waals surface area contributed by atoms with Gasteiger partial charge in [0.15, 0.2) is 0 Å².